The molecule has 18 heavy (non-hydrogen) atoms. The molecule has 0 radical (unpaired) electrons. The van der Waals surface area contributed by atoms with Crippen molar-refractivity contribution >= 4 is 29.2 Å². The lowest BCUT2D eigenvalue weighted by Crippen LogP contribution is -2.23. The van der Waals surface area contributed by atoms with Gasteiger partial charge in [-0.3, -0.25) is 9.69 Å². The van der Waals surface area contributed by atoms with E-state index >= 15 is 0 Å². The van der Waals surface area contributed by atoms with Crippen LogP contribution in [-0.4, -0.2) is 31.1 Å². The zero-order valence-electron chi connectivity index (χ0n) is 10.2. The summed E-state index contributed by atoms with van der Waals surface area (Å²) in [4.78, 5) is 13.6. The van der Waals surface area contributed by atoms with E-state index < -0.39 is 0 Å². The molecule has 1 fully saturated rings. The van der Waals surface area contributed by atoms with Crippen LogP contribution < -0.4 is 0 Å². The number of benzene rings is 1. The molecule has 1 saturated heterocycles. The monoisotopic (exact) mass is 287 g/mol. The third-order valence-electron chi connectivity index (χ3n) is 3.20. The summed E-state index contributed by atoms with van der Waals surface area (Å²) in [5, 5.41) is 1.13. The summed E-state index contributed by atoms with van der Waals surface area (Å²) in [5.41, 5.74) is 1.11. The highest BCUT2D eigenvalue weighted by atomic mass is 35.5. The van der Waals surface area contributed by atoms with Gasteiger partial charge in [0.05, 0.1) is 23.1 Å². The fourth-order valence-corrected chi connectivity index (χ4v) is 2.55. The number of rotatable bonds is 3. The number of carbonyl (C=O) groups is 1. The summed E-state index contributed by atoms with van der Waals surface area (Å²) in [5.74, 6) is -0.121. The molecule has 0 N–H and O–H groups in total. The summed E-state index contributed by atoms with van der Waals surface area (Å²) in [6.45, 7) is 2.43. The highest BCUT2D eigenvalue weighted by molar-refractivity contribution is 6.42. The summed E-state index contributed by atoms with van der Waals surface area (Å²) in [6.07, 6.45) is 0.855. The first-order chi connectivity index (χ1) is 8.60. The first-order valence-electron chi connectivity index (χ1n) is 5.84. The first-order valence-corrected chi connectivity index (χ1v) is 6.60. The number of halogens is 2. The zero-order valence-corrected chi connectivity index (χ0v) is 11.7. The Morgan fingerprint density at radius 2 is 2.22 bits per heavy atom. The van der Waals surface area contributed by atoms with Crippen LogP contribution in [0.25, 0.3) is 0 Å². The molecule has 98 valence electrons. The predicted octanol–water partition coefficient (Wildman–Crippen LogP) is 2.99. The Labute approximate surface area is 117 Å². The maximum Gasteiger partial charge on any atom is 0.310 e. The van der Waals surface area contributed by atoms with E-state index in [9.17, 15) is 4.79 Å². The van der Waals surface area contributed by atoms with Crippen LogP contribution in [0.4, 0.5) is 0 Å². The van der Waals surface area contributed by atoms with Crippen molar-refractivity contribution in [2.75, 3.05) is 20.2 Å². The summed E-state index contributed by atoms with van der Waals surface area (Å²) in [6, 6.07) is 5.63. The normalized spacial score (nSPS) is 20.1. The molecular weight excluding hydrogens is 273 g/mol. The molecule has 2 rings (SSSR count). The highest BCUT2D eigenvalue weighted by Crippen LogP contribution is 2.25. The van der Waals surface area contributed by atoms with E-state index in [0.29, 0.717) is 10.0 Å². The Hall–Kier alpha value is -0.770. The Morgan fingerprint density at radius 1 is 1.44 bits per heavy atom. The number of nitrogens with zero attached hydrogens (tertiary/aromatic N) is 1. The maximum absolute atomic E-state index is 11.4. The Morgan fingerprint density at radius 3 is 2.89 bits per heavy atom. The number of likely N-dealkylation sites (tertiary alicyclic amines) is 1. The average molecular weight is 288 g/mol. The van der Waals surface area contributed by atoms with E-state index in [2.05, 4.69) is 4.90 Å². The van der Waals surface area contributed by atoms with Crippen LogP contribution in [0.15, 0.2) is 18.2 Å². The fraction of sp³-hybridized carbons (Fsp3) is 0.462. The molecule has 1 heterocycles. The Kier molecular flexibility index (Phi) is 4.49. The minimum absolute atomic E-state index is 0.00206. The third kappa shape index (κ3) is 3.16. The lowest BCUT2D eigenvalue weighted by Gasteiger charge is -2.15. The van der Waals surface area contributed by atoms with Crippen molar-refractivity contribution in [3.63, 3.8) is 0 Å². The van der Waals surface area contributed by atoms with Crippen molar-refractivity contribution < 1.29 is 9.53 Å². The van der Waals surface area contributed by atoms with Crippen LogP contribution in [0.2, 0.25) is 10.0 Å². The zero-order chi connectivity index (χ0) is 13.1. The van der Waals surface area contributed by atoms with E-state index in [1.54, 1.807) is 6.07 Å². The topological polar surface area (TPSA) is 29.5 Å². The smallest absolute Gasteiger partial charge is 0.310 e. The molecule has 1 aliphatic heterocycles. The van der Waals surface area contributed by atoms with Gasteiger partial charge in [-0.1, -0.05) is 29.3 Å². The van der Waals surface area contributed by atoms with E-state index in [4.69, 9.17) is 27.9 Å². The van der Waals surface area contributed by atoms with Gasteiger partial charge in [-0.25, -0.2) is 0 Å². The maximum atomic E-state index is 11.4. The van der Waals surface area contributed by atoms with Crippen molar-refractivity contribution in [2.24, 2.45) is 5.92 Å². The molecule has 3 nitrogen and oxygen atoms in total. The number of esters is 1. The van der Waals surface area contributed by atoms with Gasteiger partial charge in [-0.05, 0) is 30.7 Å². The van der Waals surface area contributed by atoms with Crippen molar-refractivity contribution in [2.45, 2.75) is 13.0 Å². The van der Waals surface area contributed by atoms with Crippen LogP contribution in [0.1, 0.15) is 12.0 Å². The van der Waals surface area contributed by atoms with Crippen LogP contribution in [0, 0.1) is 5.92 Å². The average Bonchev–Trinajstić information content (AvgIpc) is 2.81. The van der Waals surface area contributed by atoms with Crippen LogP contribution in [-0.2, 0) is 16.1 Å². The second-order valence-electron chi connectivity index (χ2n) is 4.49. The van der Waals surface area contributed by atoms with E-state index in [-0.39, 0.29) is 11.9 Å². The molecule has 0 saturated carbocycles. The third-order valence-corrected chi connectivity index (χ3v) is 3.94. The van der Waals surface area contributed by atoms with Crippen LogP contribution >= 0.6 is 23.2 Å². The quantitative estimate of drug-likeness (QED) is 0.801. The second kappa shape index (κ2) is 5.91. The minimum Gasteiger partial charge on any atom is -0.469 e. The summed E-state index contributed by atoms with van der Waals surface area (Å²) < 4.78 is 4.76. The summed E-state index contributed by atoms with van der Waals surface area (Å²) >= 11 is 11.9. The molecule has 5 heteroatoms. The molecule has 0 aromatic heterocycles. The lowest BCUT2D eigenvalue weighted by atomic mass is 10.1. The SMILES string of the molecule is COC(=O)C1CCN(Cc2ccc(Cl)c(Cl)c2)C1. The predicted molar refractivity (Wildman–Crippen MR) is 71.9 cm³/mol. The van der Waals surface area contributed by atoms with E-state index in [1.807, 2.05) is 12.1 Å². The van der Waals surface area contributed by atoms with Crippen molar-refractivity contribution in [3.05, 3.63) is 33.8 Å². The van der Waals surface area contributed by atoms with Gasteiger partial charge in [-0.15, -0.1) is 0 Å². The number of carbonyl (C=O) groups excluding carboxylic acids is 1. The largest absolute Gasteiger partial charge is 0.469 e. The van der Waals surface area contributed by atoms with E-state index in [0.717, 1.165) is 31.6 Å². The van der Waals surface area contributed by atoms with Crippen LogP contribution in [0.5, 0.6) is 0 Å². The second-order valence-corrected chi connectivity index (χ2v) is 5.31. The molecule has 0 amide bonds. The first kappa shape index (κ1) is 13.7. The number of ether oxygens (including phenoxy) is 1. The van der Waals surface area contributed by atoms with Crippen molar-refractivity contribution in [1.29, 1.82) is 0 Å². The van der Waals surface area contributed by atoms with Gasteiger partial charge in [0.25, 0.3) is 0 Å². The molecule has 0 aliphatic carbocycles. The minimum atomic E-state index is -0.119. The molecule has 0 spiro atoms. The lowest BCUT2D eigenvalue weighted by molar-refractivity contribution is -0.144. The van der Waals surface area contributed by atoms with Crippen molar-refractivity contribution in [1.82, 2.24) is 4.90 Å². The number of hydrogen-bond acceptors (Lipinski definition) is 3. The van der Waals surface area contributed by atoms with Gasteiger partial charge in [0, 0.05) is 13.1 Å². The molecule has 1 aromatic carbocycles. The number of methoxy groups -OCH3 is 1. The van der Waals surface area contributed by atoms with E-state index in [1.165, 1.54) is 7.11 Å². The molecule has 1 aliphatic rings. The summed E-state index contributed by atoms with van der Waals surface area (Å²) in [7, 11) is 1.43. The van der Waals surface area contributed by atoms with Crippen LogP contribution in [0.3, 0.4) is 0 Å². The van der Waals surface area contributed by atoms with Gasteiger partial charge >= 0.3 is 5.97 Å². The molecule has 1 unspecified atom stereocenters. The van der Waals surface area contributed by atoms with Gasteiger partial charge in [0.1, 0.15) is 0 Å². The van der Waals surface area contributed by atoms with Gasteiger partial charge in [0.15, 0.2) is 0 Å². The van der Waals surface area contributed by atoms with Gasteiger partial charge in [0.2, 0.25) is 0 Å². The Bertz CT molecular complexity index is 451. The Balaban J connectivity index is 1.95. The molecule has 1 atom stereocenters. The highest BCUT2D eigenvalue weighted by Gasteiger charge is 2.28. The molecular formula is C13H15Cl2NO2. The molecule has 1 aromatic rings. The standard InChI is InChI=1S/C13H15Cl2NO2/c1-18-13(17)10-4-5-16(8-10)7-9-2-3-11(14)12(15)6-9/h2-3,6,10H,4-5,7-8H2,1H3. The van der Waals surface area contributed by atoms with Gasteiger partial charge < -0.3 is 4.74 Å². The fourth-order valence-electron chi connectivity index (χ4n) is 2.23. The number of hydrogen-bond donors (Lipinski definition) is 0. The van der Waals surface area contributed by atoms with Crippen molar-refractivity contribution in [3.8, 4) is 0 Å². The molecule has 0 bridgehead atoms. The van der Waals surface area contributed by atoms with Gasteiger partial charge in [-0.2, -0.15) is 0 Å².